The van der Waals surface area contributed by atoms with Crippen LogP contribution in [-0.2, 0) is 4.74 Å². The SMILES string of the molecule is Cc1ccc(N2CCOCC3(CCCN(C(=O)N(C)C)C3)C2)nn1. The van der Waals surface area contributed by atoms with Crippen molar-refractivity contribution >= 4 is 11.8 Å². The number of hydrogen-bond acceptors (Lipinski definition) is 5. The van der Waals surface area contributed by atoms with Gasteiger partial charge in [-0.3, -0.25) is 0 Å². The topological polar surface area (TPSA) is 61.8 Å². The van der Waals surface area contributed by atoms with Gasteiger partial charge in [0.2, 0.25) is 0 Å². The number of hydrogen-bond donors (Lipinski definition) is 0. The maximum atomic E-state index is 12.4. The number of urea groups is 1. The van der Waals surface area contributed by atoms with Crippen molar-refractivity contribution in [3.63, 3.8) is 0 Å². The van der Waals surface area contributed by atoms with Gasteiger partial charge in [-0.2, -0.15) is 5.10 Å². The number of nitrogens with zero attached hydrogens (tertiary/aromatic N) is 5. The third-order valence-corrected chi connectivity index (χ3v) is 4.86. The second-order valence-corrected chi connectivity index (χ2v) is 7.21. The van der Waals surface area contributed by atoms with E-state index in [0.717, 1.165) is 50.5 Å². The largest absolute Gasteiger partial charge is 0.379 e. The van der Waals surface area contributed by atoms with Crippen molar-refractivity contribution in [3.05, 3.63) is 17.8 Å². The molecule has 24 heavy (non-hydrogen) atoms. The van der Waals surface area contributed by atoms with Crippen LogP contribution in [0.1, 0.15) is 18.5 Å². The van der Waals surface area contributed by atoms with Crippen LogP contribution in [0.3, 0.4) is 0 Å². The Kier molecular flexibility index (Phi) is 4.89. The molecule has 2 fully saturated rings. The standard InChI is InChI=1S/C17H27N5O2/c1-14-5-6-15(19-18-14)21-9-10-24-13-17(11-21)7-4-8-22(12-17)16(23)20(2)3/h5-6H,4,7-13H2,1-3H3. The van der Waals surface area contributed by atoms with Gasteiger partial charge in [-0.05, 0) is 31.9 Å². The Balaban J connectivity index is 1.78. The van der Waals surface area contributed by atoms with Crippen molar-refractivity contribution in [2.45, 2.75) is 19.8 Å². The third-order valence-electron chi connectivity index (χ3n) is 4.86. The van der Waals surface area contributed by atoms with E-state index >= 15 is 0 Å². The highest BCUT2D eigenvalue weighted by Gasteiger charge is 2.40. The first-order valence-corrected chi connectivity index (χ1v) is 8.58. The molecule has 0 N–H and O–H groups in total. The summed E-state index contributed by atoms with van der Waals surface area (Å²) in [4.78, 5) is 18.2. The van der Waals surface area contributed by atoms with Crippen LogP contribution in [0.15, 0.2) is 12.1 Å². The molecule has 0 aromatic carbocycles. The van der Waals surface area contributed by atoms with E-state index < -0.39 is 0 Å². The second kappa shape index (κ2) is 6.93. The zero-order valence-electron chi connectivity index (χ0n) is 14.9. The van der Waals surface area contributed by atoms with Gasteiger partial charge >= 0.3 is 6.03 Å². The van der Waals surface area contributed by atoms with Crippen LogP contribution in [-0.4, -0.2) is 79.5 Å². The van der Waals surface area contributed by atoms with Gasteiger partial charge in [-0.1, -0.05) is 0 Å². The molecule has 1 atom stereocenters. The summed E-state index contributed by atoms with van der Waals surface area (Å²) >= 11 is 0. The van der Waals surface area contributed by atoms with E-state index in [1.54, 1.807) is 19.0 Å². The predicted octanol–water partition coefficient (Wildman–Crippen LogP) is 1.39. The number of ether oxygens (including phenoxy) is 1. The van der Waals surface area contributed by atoms with Crippen LogP contribution < -0.4 is 4.90 Å². The molecule has 2 aliphatic rings. The number of likely N-dealkylation sites (tertiary alicyclic amines) is 1. The molecule has 7 heteroatoms. The lowest BCUT2D eigenvalue weighted by Crippen LogP contribution is -2.54. The van der Waals surface area contributed by atoms with Crippen molar-refractivity contribution in [2.75, 3.05) is 58.4 Å². The first-order chi connectivity index (χ1) is 11.5. The summed E-state index contributed by atoms with van der Waals surface area (Å²) in [7, 11) is 3.61. The molecule has 3 rings (SSSR count). The maximum absolute atomic E-state index is 12.4. The lowest BCUT2D eigenvalue weighted by molar-refractivity contribution is 0.0210. The highest BCUT2D eigenvalue weighted by Crippen LogP contribution is 2.34. The van der Waals surface area contributed by atoms with Gasteiger partial charge in [-0.25, -0.2) is 4.79 Å². The van der Waals surface area contributed by atoms with Gasteiger partial charge in [0.1, 0.15) is 0 Å². The molecule has 1 aromatic rings. The number of aryl methyl sites for hydroxylation is 1. The van der Waals surface area contributed by atoms with Gasteiger partial charge in [-0.15, -0.1) is 5.10 Å². The lowest BCUT2D eigenvalue weighted by atomic mass is 9.80. The Hall–Kier alpha value is -1.89. The number of amides is 2. The molecule has 1 unspecified atom stereocenters. The molecule has 1 spiro atoms. The van der Waals surface area contributed by atoms with Gasteiger partial charge in [0.15, 0.2) is 5.82 Å². The average Bonchev–Trinajstić information content (AvgIpc) is 2.77. The van der Waals surface area contributed by atoms with Gasteiger partial charge in [0.05, 0.1) is 18.9 Å². The summed E-state index contributed by atoms with van der Waals surface area (Å²) in [6, 6.07) is 4.09. The van der Waals surface area contributed by atoms with E-state index in [9.17, 15) is 4.79 Å². The summed E-state index contributed by atoms with van der Waals surface area (Å²) in [5.41, 5.74) is 0.882. The second-order valence-electron chi connectivity index (χ2n) is 7.21. The molecule has 2 amide bonds. The third kappa shape index (κ3) is 3.61. The van der Waals surface area contributed by atoms with Crippen LogP contribution in [0.4, 0.5) is 10.6 Å². The normalized spacial score (nSPS) is 24.8. The van der Waals surface area contributed by atoms with E-state index in [0.29, 0.717) is 13.2 Å². The van der Waals surface area contributed by atoms with Crippen LogP contribution in [0.5, 0.6) is 0 Å². The number of carbonyl (C=O) groups excluding carboxylic acids is 1. The Morgan fingerprint density at radius 3 is 2.79 bits per heavy atom. The van der Waals surface area contributed by atoms with E-state index in [2.05, 4.69) is 15.1 Å². The predicted molar refractivity (Wildman–Crippen MR) is 92.1 cm³/mol. The Labute approximate surface area is 143 Å². The van der Waals surface area contributed by atoms with E-state index in [1.807, 2.05) is 24.0 Å². The number of carbonyl (C=O) groups is 1. The van der Waals surface area contributed by atoms with Crippen LogP contribution in [0.25, 0.3) is 0 Å². The van der Waals surface area contributed by atoms with E-state index in [4.69, 9.17) is 4.74 Å². The fourth-order valence-electron chi connectivity index (χ4n) is 3.65. The Bertz CT molecular complexity index is 577. The fraction of sp³-hybridized carbons (Fsp3) is 0.706. The average molecular weight is 333 g/mol. The summed E-state index contributed by atoms with van der Waals surface area (Å²) in [5.74, 6) is 0.890. The number of piperidine rings is 1. The molecule has 0 saturated carbocycles. The molecule has 132 valence electrons. The molecule has 7 nitrogen and oxygen atoms in total. The molecule has 3 heterocycles. The van der Waals surface area contributed by atoms with Crippen molar-refractivity contribution in [2.24, 2.45) is 5.41 Å². The first kappa shape index (κ1) is 17.0. The number of anilines is 1. The molecule has 2 aliphatic heterocycles. The van der Waals surface area contributed by atoms with Crippen molar-refractivity contribution < 1.29 is 9.53 Å². The quantitative estimate of drug-likeness (QED) is 0.777. The molecular weight excluding hydrogens is 306 g/mol. The zero-order chi connectivity index (χ0) is 17.2. The molecular formula is C17H27N5O2. The first-order valence-electron chi connectivity index (χ1n) is 8.58. The van der Waals surface area contributed by atoms with Gasteiger partial charge in [0.25, 0.3) is 0 Å². The fourth-order valence-corrected chi connectivity index (χ4v) is 3.65. The summed E-state index contributed by atoms with van der Waals surface area (Å²) < 4.78 is 5.91. The molecule has 1 aromatic heterocycles. The summed E-state index contributed by atoms with van der Waals surface area (Å²) in [6.45, 7) is 6.53. The minimum atomic E-state index is -0.0347. The molecule has 0 radical (unpaired) electrons. The molecule has 0 aliphatic carbocycles. The van der Waals surface area contributed by atoms with Gasteiger partial charge in [0, 0.05) is 45.7 Å². The summed E-state index contributed by atoms with van der Waals surface area (Å²) in [5, 5.41) is 8.52. The zero-order valence-corrected chi connectivity index (χ0v) is 14.9. The number of rotatable bonds is 1. The molecule has 0 bridgehead atoms. The van der Waals surface area contributed by atoms with Crippen LogP contribution in [0, 0.1) is 12.3 Å². The minimum Gasteiger partial charge on any atom is -0.379 e. The Morgan fingerprint density at radius 2 is 2.08 bits per heavy atom. The highest BCUT2D eigenvalue weighted by atomic mass is 16.5. The Morgan fingerprint density at radius 1 is 1.25 bits per heavy atom. The maximum Gasteiger partial charge on any atom is 0.319 e. The van der Waals surface area contributed by atoms with Crippen molar-refractivity contribution in [1.29, 1.82) is 0 Å². The van der Waals surface area contributed by atoms with Crippen LogP contribution in [0.2, 0.25) is 0 Å². The monoisotopic (exact) mass is 333 g/mol. The lowest BCUT2D eigenvalue weighted by Gasteiger charge is -2.44. The smallest absolute Gasteiger partial charge is 0.319 e. The van der Waals surface area contributed by atoms with E-state index in [1.165, 1.54) is 0 Å². The molecule has 2 saturated heterocycles. The van der Waals surface area contributed by atoms with E-state index in [-0.39, 0.29) is 11.4 Å². The van der Waals surface area contributed by atoms with Crippen LogP contribution >= 0.6 is 0 Å². The van der Waals surface area contributed by atoms with Gasteiger partial charge < -0.3 is 19.4 Å². The van der Waals surface area contributed by atoms with Crippen molar-refractivity contribution in [1.82, 2.24) is 20.0 Å². The minimum absolute atomic E-state index is 0.0347. The highest BCUT2D eigenvalue weighted by molar-refractivity contribution is 5.74. The number of aromatic nitrogens is 2. The van der Waals surface area contributed by atoms with Crippen molar-refractivity contribution in [3.8, 4) is 0 Å². The summed E-state index contributed by atoms with van der Waals surface area (Å²) in [6.07, 6.45) is 2.08.